The number of ether oxygens (including phenoxy) is 1. The van der Waals surface area contributed by atoms with Crippen molar-refractivity contribution in [1.29, 1.82) is 0 Å². The van der Waals surface area contributed by atoms with E-state index < -0.39 is 0 Å². The molecule has 0 bridgehead atoms. The van der Waals surface area contributed by atoms with E-state index in [1.807, 2.05) is 60.8 Å². The number of pyridine rings is 2. The molecule has 3 nitrogen and oxygen atoms in total. The molecular formula is C38H24N2O. The maximum Gasteiger partial charge on any atom is 0.128 e. The Morgan fingerprint density at radius 1 is 0.439 bits per heavy atom. The van der Waals surface area contributed by atoms with E-state index in [0.29, 0.717) is 0 Å². The van der Waals surface area contributed by atoms with Gasteiger partial charge >= 0.3 is 0 Å². The van der Waals surface area contributed by atoms with Crippen molar-refractivity contribution in [2.45, 2.75) is 0 Å². The first-order chi connectivity index (χ1) is 20.3. The van der Waals surface area contributed by atoms with Crippen molar-refractivity contribution in [2.75, 3.05) is 0 Å². The van der Waals surface area contributed by atoms with Gasteiger partial charge in [-0.15, -0.1) is 0 Å². The van der Waals surface area contributed by atoms with Crippen LogP contribution in [0.25, 0.3) is 66.7 Å². The summed E-state index contributed by atoms with van der Waals surface area (Å²) in [5, 5.41) is 2.35. The molecule has 7 aromatic rings. The minimum Gasteiger partial charge on any atom is -0.457 e. The predicted molar refractivity (Wildman–Crippen MR) is 167 cm³/mol. The SMILES string of the molecule is c1ccc(-c2cccc(Oc3cccc(-c4ncc5c6c(cccc46)-c4ccccc4-c4ccccc4-5)c3)c2)nc1. The molecule has 5 aromatic carbocycles. The molecule has 1 aliphatic rings. The number of fused-ring (bicyclic) bond motifs is 5. The zero-order chi connectivity index (χ0) is 27.2. The minimum absolute atomic E-state index is 0.760. The molecule has 1 aliphatic carbocycles. The standard InChI is InChI=1S/C38H24N2O/c1-3-16-31-29(14-1)30-15-2-4-17-32(30)35-24-40-38(34-19-9-18-33(31)37(34)35)26-11-8-13-28(23-26)41-27-12-7-10-25(22-27)36-20-5-6-21-39-36/h1-24H. The van der Waals surface area contributed by atoms with Crippen LogP contribution < -0.4 is 4.74 Å². The van der Waals surface area contributed by atoms with Crippen LogP contribution in [0.1, 0.15) is 0 Å². The fourth-order valence-corrected chi connectivity index (χ4v) is 5.96. The van der Waals surface area contributed by atoms with E-state index in [9.17, 15) is 0 Å². The van der Waals surface area contributed by atoms with Gasteiger partial charge in [0.1, 0.15) is 11.5 Å². The lowest BCUT2D eigenvalue weighted by molar-refractivity contribution is 0.483. The molecule has 0 unspecified atom stereocenters. The van der Waals surface area contributed by atoms with Gasteiger partial charge in [0.25, 0.3) is 0 Å². The van der Waals surface area contributed by atoms with E-state index in [4.69, 9.17) is 9.72 Å². The fourth-order valence-electron chi connectivity index (χ4n) is 5.96. The number of nitrogens with zero attached hydrogens (tertiary/aromatic N) is 2. The molecule has 0 atom stereocenters. The fraction of sp³-hybridized carbons (Fsp3) is 0. The lowest BCUT2D eigenvalue weighted by Gasteiger charge is -2.14. The van der Waals surface area contributed by atoms with Gasteiger partial charge in [0.2, 0.25) is 0 Å². The normalized spacial score (nSPS) is 11.4. The molecule has 0 aliphatic heterocycles. The van der Waals surface area contributed by atoms with Crippen LogP contribution in [-0.2, 0) is 0 Å². The Morgan fingerprint density at radius 2 is 1.02 bits per heavy atom. The first-order valence-electron chi connectivity index (χ1n) is 13.7. The summed E-state index contributed by atoms with van der Waals surface area (Å²) >= 11 is 0. The van der Waals surface area contributed by atoms with Crippen molar-refractivity contribution in [1.82, 2.24) is 9.97 Å². The van der Waals surface area contributed by atoms with Crippen molar-refractivity contribution >= 4 is 10.8 Å². The van der Waals surface area contributed by atoms with Gasteiger partial charge in [-0.1, -0.05) is 97.1 Å². The molecule has 0 fully saturated rings. The lowest BCUT2D eigenvalue weighted by Crippen LogP contribution is -1.92. The summed E-state index contributed by atoms with van der Waals surface area (Å²) in [5.74, 6) is 1.52. The van der Waals surface area contributed by atoms with E-state index in [1.165, 1.54) is 33.2 Å². The second-order valence-electron chi connectivity index (χ2n) is 10.2. The molecule has 0 N–H and O–H groups in total. The van der Waals surface area contributed by atoms with Crippen LogP contribution in [-0.4, -0.2) is 9.97 Å². The monoisotopic (exact) mass is 524 g/mol. The second kappa shape index (κ2) is 9.58. The van der Waals surface area contributed by atoms with Crippen molar-refractivity contribution in [3.05, 3.63) is 146 Å². The van der Waals surface area contributed by atoms with Crippen molar-refractivity contribution < 1.29 is 4.74 Å². The highest BCUT2D eigenvalue weighted by Gasteiger charge is 2.22. The first kappa shape index (κ1) is 23.4. The zero-order valence-corrected chi connectivity index (χ0v) is 22.2. The number of benzene rings is 5. The highest BCUT2D eigenvalue weighted by atomic mass is 16.5. The van der Waals surface area contributed by atoms with Crippen LogP contribution in [0.2, 0.25) is 0 Å². The Balaban J connectivity index is 1.25. The highest BCUT2D eigenvalue weighted by molar-refractivity contribution is 6.15. The molecule has 0 spiro atoms. The molecule has 41 heavy (non-hydrogen) atoms. The highest BCUT2D eigenvalue weighted by Crippen LogP contribution is 2.48. The molecule has 0 radical (unpaired) electrons. The maximum atomic E-state index is 6.35. The van der Waals surface area contributed by atoms with Crippen LogP contribution in [0.5, 0.6) is 11.5 Å². The summed E-state index contributed by atoms with van der Waals surface area (Å²) in [4.78, 5) is 9.54. The van der Waals surface area contributed by atoms with Gasteiger partial charge in [-0.2, -0.15) is 0 Å². The molecule has 192 valence electrons. The van der Waals surface area contributed by atoms with Crippen LogP contribution >= 0.6 is 0 Å². The van der Waals surface area contributed by atoms with Crippen molar-refractivity contribution in [2.24, 2.45) is 0 Å². The second-order valence-corrected chi connectivity index (χ2v) is 10.2. The third-order valence-electron chi connectivity index (χ3n) is 7.77. The van der Waals surface area contributed by atoms with Crippen LogP contribution in [0.4, 0.5) is 0 Å². The lowest BCUT2D eigenvalue weighted by atomic mass is 9.93. The van der Waals surface area contributed by atoms with Gasteiger partial charge in [0, 0.05) is 39.9 Å². The van der Waals surface area contributed by atoms with E-state index >= 15 is 0 Å². The van der Waals surface area contributed by atoms with E-state index in [0.717, 1.165) is 45.0 Å². The van der Waals surface area contributed by atoms with Gasteiger partial charge in [0.05, 0.1) is 11.4 Å². The van der Waals surface area contributed by atoms with Gasteiger partial charge in [-0.05, 0) is 64.2 Å². The third kappa shape index (κ3) is 3.98. The Labute approximate surface area is 238 Å². The molecular weight excluding hydrogens is 500 g/mol. The van der Waals surface area contributed by atoms with Gasteiger partial charge in [-0.3, -0.25) is 9.97 Å². The molecule has 0 saturated carbocycles. The largest absolute Gasteiger partial charge is 0.457 e. The molecule has 3 heteroatoms. The van der Waals surface area contributed by atoms with Crippen LogP contribution in [0, 0.1) is 0 Å². The van der Waals surface area contributed by atoms with Crippen LogP contribution in [0.15, 0.2) is 146 Å². The maximum absolute atomic E-state index is 6.35. The smallest absolute Gasteiger partial charge is 0.128 e. The number of rotatable bonds is 4. The van der Waals surface area contributed by atoms with E-state index in [2.05, 4.69) is 83.8 Å². The Kier molecular flexibility index (Phi) is 5.46. The molecule has 0 amide bonds. The minimum atomic E-state index is 0.760. The Bertz CT molecular complexity index is 2030. The first-order valence-corrected chi connectivity index (χ1v) is 13.7. The topological polar surface area (TPSA) is 35.0 Å². The predicted octanol–water partition coefficient (Wildman–Crippen LogP) is 10.1. The van der Waals surface area contributed by atoms with E-state index in [-0.39, 0.29) is 0 Å². The number of aromatic nitrogens is 2. The summed E-state index contributed by atoms with van der Waals surface area (Å²) in [5.41, 5.74) is 11.2. The van der Waals surface area contributed by atoms with Gasteiger partial charge in [0.15, 0.2) is 0 Å². The summed E-state index contributed by atoms with van der Waals surface area (Å²) in [6, 6.07) is 46.0. The van der Waals surface area contributed by atoms with Gasteiger partial charge < -0.3 is 4.74 Å². The summed E-state index contributed by atoms with van der Waals surface area (Å²) in [6.45, 7) is 0. The summed E-state index contributed by atoms with van der Waals surface area (Å²) in [6.07, 6.45) is 3.84. The number of hydrogen-bond donors (Lipinski definition) is 0. The molecule has 2 aromatic heterocycles. The molecule has 8 rings (SSSR count). The van der Waals surface area contributed by atoms with Crippen molar-refractivity contribution in [3.63, 3.8) is 0 Å². The third-order valence-corrected chi connectivity index (χ3v) is 7.77. The van der Waals surface area contributed by atoms with Crippen molar-refractivity contribution in [3.8, 4) is 67.4 Å². The van der Waals surface area contributed by atoms with Crippen LogP contribution in [0.3, 0.4) is 0 Å². The number of hydrogen-bond acceptors (Lipinski definition) is 3. The molecule has 2 heterocycles. The molecule has 0 saturated heterocycles. The Hall–Kier alpha value is -5.54. The summed E-state index contributed by atoms with van der Waals surface area (Å²) < 4.78 is 6.35. The average molecular weight is 525 g/mol. The van der Waals surface area contributed by atoms with Gasteiger partial charge in [-0.25, -0.2) is 0 Å². The summed E-state index contributed by atoms with van der Waals surface area (Å²) in [7, 11) is 0. The average Bonchev–Trinajstić information content (AvgIpc) is 3.16. The zero-order valence-electron chi connectivity index (χ0n) is 22.2. The van der Waals surface area contributed by atoms with E-state index in [1.54, 1.807) is 6.20 Å². The Morgan fingerprint density at radius 3 is 1.73 bits per heavy atom. The quantitative estimate of drug-likeness (QED) is 0.230.